The fraction of sp³-hybridized carbons (Fsp3) is 0.333. The molecule has 5 N–H and O–H groups in total. The van der Waals surface area contributed by atoms with E-state index in [0.29, 0.717) is 11.1 Å². The van der Waals surface area contributed by atoms with E-state index in [-0.39, 0.29) is 24.7 Å². The van der Waals surface area contributed by atoms with Crippen LogP contribution in [0.5, 0.6) is 0 Å². The highest BCUT2D eigenvalue weighted by Crippen LogP contribution is 2.22. The van der Waals surface area contributed by atoms with E-state index >= 15 is 0 Å². The first-order valence-electron chi connectivity index (χ1n) is 5.95. The Morgan fingerprint density at radius 3 is 2.74 bits per heavy atom. The summed E-state index contributed by atoms with van der Waals surface area (Å²) < 4.78 is 0. The lowest BCUT2D eigenvalue weighted by Crippen LogP contribution is -2.30. The number of aliphatic hydroxyl groups is 2. The van der Waals surface area contributed by atoms with Gasteiger partial charge in [-0.3, -0.25) is 9.89 Å². The van der Waals surface area contributed by atoms with Gasteiger partial charge in [0.05, 0.1) is 17.7 Å². The summed E-state index contributed by atoms with van der Waals surface area (Å²) in [5.41, 5.74) is 7.22. The minimum Gasteiger partial charge on any atom is -0.399 e. The Morgan fingerprint density at radius 1 is 1.37 bits per heavy atom. The molecule has 1 aliphatic rings. The van der Waals surface area contributed by atoms with Crippen LogP contribution >= 0.6 is 0 Å². The molecule has 2 heterocycles. The van der Waals surface area contributed by atoms with Gasteiger partial charge in [0.1, 0.15) is 0 Å². The van der Waals surface area contributed by atoms with Gasteiger partial charge in [0.15, 0.2) is 5.69 Å². The smallest absolute Gasteiger partial charge is 0.275 e. The zero-order chi connectivity index (χ0) is 13.6. The molecule has 1 amide bonds. The van der Waals surface area contributed by atoms with Crippen LogP contribution in [-0.4, -0.2) is 56.5 Å². The summed E-state index contributed by atoms with van der Waals surface area (Å²) in [5.74, 6) is -0.326. The van der Waals surface area contributed by atoms with Crippen molar-refractivity contribution in [3.63, 3.8) is 0 Å². The molecule has 0 aliphatic carbocycles. The molecule has 0 spiro atoms. The van der Waals surface area contributed by atoms with Gasteiger partial charge in [0.2, 0.25) is 0 Å². The molecule has 2 atom stereocenters. The molecule has 2 aromatic rings. The fourth-order valence-electron chi connectivity index (χ4n) is 2.28. The second kappa shape index (κ2) is 4.22. The number of carbonyl (C=O) groups excluding carboxylic acids is 1. The Labute approximate surface area is 108 Å². The Morgan fingerprint density at radius 2 is 2.05 bits per heavy atom. The number of β-amino-alcohol motifs (C(OH)–C–C–N with tert-alkyl or cyclic N) is 2. The molecule has 0 bridgehead atoms. The summed E-state index contributed by atoms with van der Waals surface area (Å²) in [6, 6.07) is 5.15. The average Bonchev–Trinajstić information content (AvgIpc) is 2.93. The molecule has 1 saturated heterocycles. The maximum atomic E-state index is 12.3. The summed E-state index contributed by atoms with van der Waals surface area (Å²) in [6.45, 7) is 0.216. The number of nitrogens with zero attached hydrogens (tertiary/aromatic N) is 2. The largest absolute Gasteiger partial charge is 0.399 e. The zero-order valence-corrected chi connectivity index (χ0v) is 10.1. The molecule has 7 nitrogen and oxygen atoms in total. The van der Waals surface area contributed by atoms with E-state index in [0.717, 1.165) is 5.52 Å². The monoisotopic (exact) mass is 262 g/mol. The molecule has 1 fully saturated rings. The number of carbonyl (C=O) groups is 1. The van der Waals surface area contributed by atoms with E-state index < -0.39 is 12.2 Å². The van der Waals surface area contributed by atoms with Gasteiger partial charge in [-0.05, 0) is 18.2 Å². The molecule has 1 aromatic heterocycles. The van der Waals surface area contributed by atoms with Crippen LogP contribution in [0.4, 0.5) is 5.69 Å². The van der Waals surface area contributed by atoms with Crippen molar-refractivity contribution in [2.75, 3.05) is 18.8 Å². The third-order valence-electron chi connectivity index (χ3n) is 3.34. The van der Waals surface area contributed by atoms with Crippen LogP contribution < -0.4 is 5.73 Å². The molecule has 0 saturated carbocycles. The number of anilines is 1. The molecule has 100 valence electrons. The molecule has 1 aliphatic heterocycles. The van der Waals surface area contributed by atoms with Gasteiger partial charge in [0.25, 0.3) is 5.91 Å². The highest BCUT2D eigenvalue weighted by atomic mass is 16.3. The number of hydrogen-bond donors (Lipinski definition) is 4. The Kier molecular flexibility index (Phi) is 2.65. The van der Waals surface area contributed by atoms with Crippen LogP contribution in [0.3, 0.4) is 0 Å². The Hall–Kier alpha value is -2.12. The molecular formula is C12H14N4O3. The maximum Gasteiger partial charge on any atom is 0.275 e. The van der Waals surface area contributed by atoms with E-state index in [1.54, 1.807) is 18.2 Å². The number of aromatic amines is 1. The first-order valence-corrected chi connectivity index (χ1v) is 5.95. The number of fused-ring (bicyclic) bond motifs is 1. The number of amides is 1. The standard InChI is InChI=1S/C12H14N4O3/c13-6-1-2-8-7(3-6)11(15-14-8)12(19)16-4-9(17)10(18)5-16/h1-3,9-10,17-18H,4-5,13H2,(H,14,15)/t9-,10+. The predicted octanol–water partition coefficient (Wildman–Crippen LogP) is -0.677. The van der Waals surface area contributed by atoms with E-state index in [4.69, 9.17) is 5.73 Å². The number of aliphatic hydroxyl groups excluding tert-OH is 2. The molecule has 19 heavy (non-hydrogen) atoms. The second-order valence-corrected chi connectivity index (χ2v) is 4.72. The number of nitrogens with one attached hydrogen (secondary N) is 1. The summed E-state index contributed by atoms with van der Waals surface area (Å²) >= 11 is 0. The third kappa shape index (κ3) is 1.92. The minimum absolute atomic E-state index is 0.108. The Bertz CT molecular complexity index is 629. The summed E-state index contributed by atoms with van der Waals surface area (Å²) in [4.78, 5) is 13.7. The van der Waals surface area contributed by atoms with Crippen molar-refractivity contribution in [1.29, 1.82) is 0 Å². The number of likely N-dealkylation sites (tertiary alicyclic amines) is 1. The minimum atomic E-state index is -0.903. The summed E-state index contributed by atoms with van der Waals surface area (Å²) in [6.07, 6.45) is -1.81. The van der Waals surface area contributed by atoms with Crippen LogP contribution in [0, 0.1) is 0 Å². The first-order chi connectivity index (χ1) is 9.06. The number of nitrogen functional groups attached to an aromatic ring is 1. The molecular weight excluding hydrogens is 248 g/mol. The number of benzene rings is 1. The van der Waals surface area contributed by atoms with E-state index in [1.165, 1.54) is 4.90 Å². The summed E-state index contributed by atoms with van der Waals surface area (Å²) in [7, 11) is 0. The van der Waals surface area contributed by atoms with Crippen molar-refractivity contribution in [1.82, 2.24) is 15.1 Å². The van der Waals surface area contributed by atoms with Crippen LogP contribution in [0.1, 0.15) is 10.5 Å². The highest BCUT2D eigenvalue weighted by Gasteiger charge is 2.34. The molecule has 7 heteroatoms. The van der Waals surface area contributed by atoms with Gasteiger partial charge in [-0.1, -0.05) is 0 Å². The number of aromatic nitrogens is 2. The fourth-order valence-corrected chi connectivity index (χ4v) is 2.28. The number of hydrogen-bond acceptors (Lipinski definition) is 5. The van der Waals surface area contributed by atoms with Crippen LogP contribution in [0.25, 0.3) is 10.9 Å². The SMILES string of the molecule is Nc1ccc2[nH]nc(C(=O)N3C[C@@H](O)[C@@H](O)C3)c2c1. The highest BCUT2D eigenvalue weighted by molar-refractivity contribution is 6.05. The van der Waals surface area contributed by atoms with E-state index in [1.807, 2.05) is 0 Å². The molecule has 1 aromatic carbocycles. The van der Waals surface area contributed by atoms with Gasteiger partial charge in [-0.2, -0.15) is 5.10 Å². The average molecular weight is 262 g/mol. The van der Waals surface area contributed by atoms with Gasteiger partial charge in [-0.15, -0.1) is 0 Å². The van der Waals surface area contributed by atoms with Crippen LogP contribution in [-0.2, 0) is 0 Å². The van der Waals surface area contributed by atoms with Gasteiger partial charge in [-0.25, -0.2) is 0 Å². The predicted molar refractivity (Wildman–Crippen MR) is 68.4 cm³/mol. The lowest BCUT2D eigenvalue weighted by molar-refractivity contribution is 0.0572. The van der Waals surface area contributed by atoms with Gasteiger partial charge < -0.3 is 20.8 Å². The van der Waals surface area contributed by atoms with Crippen molar-refractivity contribution >= 4 is 22.5 Å². The normalized spacial score (nSPS) is 23.2. The quantitative estimate of drug-likeness (QED) is 0.508. The third-order valence-corrected chi connectivity index (χ3v) is 3.34. The Balaban J connectivity index is 1.96. The lowest BCUT2D eigenvalue weighted by Gasteiger charge is -2.13. The number of nitrogens with two attached hydrogens (primary N) is 1. The van der Waals surface area contributed by atoms with Crippen molar-refractivity contribution in [2.45, 2.75) is 12.2 Å². The van der Waals surface area contributed by atoms with E-state index in [2.05, 4.69) is 10.2 Å². The van der Waals surface area contributed by atoms with Crippen LogP contribution in [0.15, 0.2) is 18.2 Å². The number of rotatable bonds is 1. The van der Waals surface area contributed by atoms with Crippen LogP contribution in [0.2, 0.25) is 0 Å². The lowest BCUT2D eigenvalue weighted by atomic mass is 10.2. The van der Waals surface area contributed by atoms with E-state index in [9.17, 15) is 15.0 Å². The molecule has 0 radical (unpaired) electrons. The zero-order valence-electron chi connectivity index (χ0n) is 10.1. The van der Waals surface area contributed by atoms with Crippen molar-refractivity contribution in [3.05, 3.63) is 23.9 Å². The topological polar surface area (TPSA) is 115 Å². The van der Waals surface area contributed by atoms with Gasteiger partial charge in [0, 0.05) is 24.2 Å². The van der Waals surface area contributed by atoms with Crippen molar-refractivity contribution in [2.24, 2.45) is 0 Å². The van der Waals surface area contributed by atoms with Crippen molar-refractivity contribution < 1.29 is 15.0 Å². The number of H-pyrrole nitrogens is 1. The molecule has 0 unspecified atom stereocenters. The maximum absolute atomic E-state index is 12.3. The van der Waals surface area contributed by atoms with Crippen molar-refractivity contribution in [3.8, 4) is 0 Å². The summed E-state index contributed by atoms with van der Waals surface area (Å²) in [5, 5.41) is 26.4. The first kappa shape index (κ1) is 11.9. The molecule has 3 rings (SSSR count). The van der Waals surface area contributed by atoms with Gasteiger partial charge >= 0.3 is 0 Å². The second-order valence-electron chi connectivity index (χ2n) is 4.72.